The summed E-state index contributed by atoms with van der Waals surface area (Å²) in [6, 6.07) is 0. The van der Waals surface area contributed by atoms with Crippen LogP contribution in [0.25, 0.3) is 0 Å². The van der Waals surface area contributed by atoms with E-state index in [0.29, 0.717) is 29.6 Å². The van der Waals surface area contributed by atoms with E-state index in [1.165, 1.54) is 0 Å². The molecule has 0 spiro atoms. The molecule has 2 heteroatoms. The highest BCUT2D eigenvalue weighted by Crippen LogP contribution is 2.56. The molecule has 2 N–H and O–H groups in total. The van der Waals surface area contributed by atoms with Crippen LogP contribution in [0.4, 0.5) is 0 Å². The van der Waals surface area contributed by atoms with Gasteiger partial charge in [0, 0.05) is 0 Å². The number of rotatable bonds is 2. The maximum absolute atomic E-state index is 11.0. The molecule has 4 aliphatic carbocycles. The zero-order valence-corrected chi connectivity index (χ0v) is 14.5. The highest BCUT2D eigenvalue weighted by atomic mass is 16.3. The third-order valence-electron chi connectivity index (χ3n) is 7.13. The minimum Gasteiger partial charge on any atom is -0.393 e. The van der Waals surface area contributed by atoms with Gasteiger partial charge < -0.3 is 10.2 Å². The third kappa shape index (κ3) is 2.74. The lowest BCUT2D eigenvalue weighted by Gasteiger charge is -2.47. The van der Waals surface area contributed by atoms with Crippen molar-refractivity contribution in [3.05, 3.63) is 48.6 Å². The molecule has 4 rings (SSSR count). The Bertz CT molecular complexity index is 573. The van der Waals surface area contributed by atoms with Crippen LogP contribution in [0.5, 0.6) is 0 Å². The summed E-state index contributed by atoms with van der Waals surface area (Å²) in [5.41, 5.74) is 0. The van der Waals surface area contributed by atoms with Gasteiger partial charge in [0.15, 0.2) is 0 Å². The standard InChI is InChI=1S/C22H30O2/c1-14-12-18(23)21-17(15-8-4-2-5-9-15)13-19(24)22(21)20(14)16-10-6-3-7-11-16/h2-8,10,14-24H,9,11-13H2,1H3/t14?,15?,16?,17?,18?,19-,20?,21?,22?/m0/s1. The summed E-state index contributed by atoms with van der Waals surface area (Å²) in [6.45, 7) is 2.28. The smallest absolute Gasteiger partial charge is 0.0578 e. The van der Waals surface area contributed by atoms with Gasteiger partial charge >= 0.3 is 0 Å². The highest BCUT2D eigenvalue weighted by molar-refractivity contribution is 5.17. The van der Waals surface area contributed by atoms with Crippen molar-refractivity contribution in [2.24, 2.45) is 41.4 Å². The first-order chi connectivity index (χ1) is 11.7. The van der Waals surface area contributed by atoms with Gasteiger partial charge in [0.2, 0.25) is 0 Å². The van der Waals surface area contributed by atoms with Crippen molar-refractivity contribution in [2.75, 3.05) is 0 Å². The Balaban J connectivity index is 1.62. The fraction of sp³-hybridized carbons (Fsp3) is 0.636. The summed E-state index contributed by atoms with van der Waals surface area (Å²) in [7, 11) is 0. The van der Waals surface area contributed by atoms with Crippen LogP contribution in [0, 0.1) is 41.4 Å². The molecule has 130 valence electrons. The maximum Gasteiger partial charge on any atom is 0.0578 e. The van der Waals surface area contributed by atoms with Crippen molar-refractivity contribution in [3.63, 3.8) is 0 Å². The Morgan fingerprint density at radius 2 is 1.33 bits per heavy atom. The zero-order chi connectivity index (χ0) is 16.7. The lowest BCUT2D eigenvalue weighted by Crippen LogP contribution is -2.47. The lowest BCUT2D eigenvalue weighted by atomic mass is 9.59. The summed E-state index contributed by atoms with van der Waals surface area (Å²) in [5, 5.41) is 21.9. The van der Waals surface area contributed by atoms with Gasteiger partial charge in [-0.1, -0.05) is 55.5 Å². The first-order valence-electron chi connectivity index (χ1n) is 9.69. The number of aliphatic hydroxyl groups excluding tert-OH is 2. The molecule has 2 saturated carbocycles. The Kier molecular flexibility index (Phi) is 4.53. The summed E-state index contributed by atoms with van der Waals surface area (Å²) in [5.74, 6) is 2.86. The van der Waals surface area contributed by atoms with Crippen molar-refractivity contribution in [1.82, 2.24) is 0 Å². The van der Waals surface area contributed by atoms with E-state index in [4.69, 9.17) is 0 Å². The van der Waals surface area contributed by atoms with E-state index in [1.807, 2.05) is 0 Å². The number of allylic oxidation sites excluding steroid dienone is 8. The fourth-order valence-corrected chi connectivity index (χ4v) is 6.23. The Morgan fingerprint density at radius 1 is 0.708 bits per heavy atom. The molecule has 0 aromatic rings. The normalized spacial score (nSPS) is 50.2. The molecule has 0 aliphatic heterocycles. The zero-order valence-electron chi connectivity index (χ0n) is 14.5. The lowest BCUT2D eigenvalue weighted by molar-refractivity contribution is -0.0698. The summed E-state index contributed by atoms with van der Waals surface area (Å²) in [6.07, 6.45) is 21.0. The molecule has 0 aromatic heterocycles. The monoisotopic (exact) mass is 326 g/mol. The first kappa shape index (κ1) is 16.4. The number of hydrogen-bond acceptors (Lipinski definition) is 2. The Labute approximate surface area is 145 Å². The molecule has 2 nitrogen and oxygen atoms in total. The third-order valence-corrected chi connectivity index (χ3v) is 7.13. The van der Waals surface area contributed by atoms with E-state index in [-0.39, 0.29) is 24.0 Å². The van der Waals surface area contributed by atoms with E-state index in [2.05, 4.69) is 55.5 Å². The SMILES string of the molecule is CC1CC(O)C2C(C3C=CC=CC3)C[C@H](O)C2C1C1C=CC=CC1. The van der Waals surface area contributed by atoms with E-state index < -0.39 is 0 Å². The topological polar surface area (TPSA) is 40.5 Å². The van der Waals surface area contributed by atoms with Gasteiger partial charge in [0.1, 0.15) is 0 Å². The van der Waals surface area contributed by atoms with Crippen LogP contribution in [-0.4, -0.2) is 22.4 Å². The molecular formula is C22H30O2. The number of aliphatic hydroxyl groups is 2. The van der Waals surface area contributed by atoms with Crippen LogP contribution in [0.2, 0.25) is 0 Å². The summed E-state index contributed by atoms with van der Waals surface area (Å²) < 4.78 is 0. The molecule has 0 heterocycles. The van der Waals surface area contributed by atoms with Gasteiger partial charge in [-0.2, -0.15) is 0 Å². The summed E-state index contributed by atoms with van der Waals surface area (Å²) >= 11 is 0. The molecule has 0 amide bonds. The molecular weight excluding hydrogens is 296 g/mol. The van der Waals surface area contributed by atoms with Crippen molar-refractivity contribution in [3.8, 4) is 0 Å². The van der Waals surface area contributed by atoms with Gasteiger partial charge in [-0.15, -0.1) is 0 Å². The summed E-state index contributed by atoms with van der Waals surface area (Å²) in [4.78, 5) is 0. The van der Waals surface area contributed by atoms with Crippen LogP contribution < -0.4 is 0 Å². The van der Waals surface area contributed by atoms with Gasteiger partial charge in [-0.3, -0.25) is 0 Å². The highest BCUT2D eigenvalue weighted by Gasteiger charge is 2.55. The predicted octanol–water partition coefficient (Wildman–Crippen LogP) is 3.88. The van der Waals surface area contributed by atoms with Crippen LogP contribution in [0.1, 0.15) is 32.6 Å². The van der Waals surface area contributed by atoms with Gasteiger partial charge in [0.25, 0.3) is 0 Å². The van der Waals surface area contributed by atoms with Gasteiger partial charge in [-0.05, 0) is 67.1 Å². The average molecular weight is 326 g/mol. The molecule has 8 unspecified atom stereocenters. The van der Waals surface area contributed by atoms with Crippen molar-refractivity contribution >= 4 is 0 Å². The van der Waals surface area contributed by atoms with E-state index in [0.717, 1.165) is 25.7 Å². The fourth-order valence-electron chi connectivity index (χ4n) is 6.23. The van der Waals surface area contributed by atoms with Crippen molar-refractivity contribution < 1.29 is 10.2 Å². The quantitative estimate of drug-likeness (QED) is 0.808. The molecule has 0 aromatic carbocycles. The Hall–Kier alpha value is -1.12. The molecule has 4 aliphatic rings. The van der Waals surface area contributed by atoms with E-state index in [1.54, 1.807) is 0 Å². The average Bonchev–Trinajstić information content (AvgIpc) is 2.95. The minimum absolute atomic E-state index is 0.245. The molecule has 24 heavy (non-hydrogen) atoms. The second kappa shape index (κ2) is 6.65. The second-order valence-corrected chi connectivity index (χ2v) is 8.40. The molecule has 0 radical (unpaired) electrons. The van der Waals surface area contributed by atoms with Crippen molar-refractivity contribution in [1.29, 1.82) is 0 Å². The van der Waals surface area contributed by atoms with Crippen LogP contribution >= 0.6 is 0 Å². The molecule has 0 bridgehead atoms. The molecule has 0 saturated heterocycles. The largest absolute Gasteiger partial charge is 0.393 e. The predicted molar refractivity (Wildman–Crippen MR) is 97.1 cm³/mol. The van der Waals surface area contributed by atoms with Crippen LogP contribution in [0.3, 0.4) is 0 Å². The van der Waals surface area contributed by atoms with E-state index in [9.17, 15) is 10.2 Å². The van der Waals surface area contributed by atoms with Crippen LogP contribution in [-0.2, 0) is 0 Å². The second-order valence-electron chi connectivity index (χ2n) is 8.40. The van der Waals surface area contributed by atoms with Crippen molar-refractivity contribution in [2.45, 2.75) is 44.8 Å². The number of hydrogen-bond donors (Lipinski definition) is 2. The Morgan fingerprint density at radius 3 is 1.96 bits per heavy atom. The first-order valence-corrected chi connectivity index (χ1v) is 9.69. The minimum atomic E-state index is -0.263. The maximum atomic E-state index is 11.0. The van der Waals surface area contributed by atoms with Gasteiger partial charge in [-0.25, -0.2) is 0 Å². The van der Waals surface area contributed by atoms with Crippen LogP contribution in [0.15, 0.2) is 48.6 Å². The molecule has 2 fully saturated rings. The molecule has 9 atom stereocenters. The number of fused-ring (bicyclic) bond motifs is 1. The van der Waals surface area contributed by atoms with Gasteiger partial charge in [0.05, 0.1) is 12.2 Å². The van der Waals surface area contributed by atoms with E-state index >= 15 is 0 Å².